The van der Waals surface area contributed by atoms with E-state index in [4.69, 9.17) is 4.74 Å². The molecule has 1 fully saturated rings. The number of aromatic nitrogens is 1. The van der Waals surface area contributed by atoms with Gasteiger partial charge < -0.3 is 10.1 Å². The Balaban J connectivity index is 1.55. The molecule has 120 valence electrons. The van der Waals surface area contributed by atoms with Crippen molar-refractivity contribution < 1.29 is 13.9 Å². The molecule has 1 N–H and O–H groups in total. The lowest BCUT2D eigenvalue weighted by atomic mass is 10.2. The molecule has 1 saturated carbocycles. The Hall–Kier alpha value is -2.43. The van der Waals surface area contributed by atoms with Gasteiger partial charge in [0.1, 0.15) is 12.4 Å². The van der Waals surface area contributed by atoms with Gasteiger partial charge in [-0.15, -0.1) is 0 Å². The summed E-state index contributed by atoms with van der Waals surface area (Å²) in [6.45, 7) is 2.26. The molecular formula is C18H19FN2O2. The van der Waals surface area contributed by atoms with Gasteiger partial charge in [0.25, 0.3) is 5.91 Å². The molecule has 5 heteroatoms. The average Bonchev–Trinajstić information content (AvgIpc) is 3.38. The van der Waals surface area contributed by atoms with Crippen molar-refractivity contribution in [3.8, 4) is 5.88 Å². The summed E-state index contributed by atoms with van der Waals surface area (Å²) in [6, 6.07) is 9.75. The number of carbonyl (C=O) groups excluding carboxylic acids is 1. The second kappa shape index (κ2) is 6.77. The molecule has 1 aliphatic rings. The maximum absolute atomic E-state index is 13.1. The number of amides is 1. The van der Waals surface area contributed by atoms with Crippen LogP contribution >= 0.6 is 0 Å². The molecule has 0 bridgehead atoms. The van der Waals surface area contributed by atoms with Crippen LogP contribution in [0.3, 0.4) is 0 Å². The molecular weight excluding hydrogens is 295 g/mol. The molecule has 1 aliphatic carbocycles. The normalized spacial score (nSPS) is 15.0. The first kappa shape index (κ1) is 15.5. The molecule has 1 aromatic carbocycles. The van der Waals surface area contributed by atoms with Crippen LogP contribution in [0.4, 0.5) is 4.39 Å². The van der Waals surface area contributed by atoms with E-state index in [1.165, 1.54) is 31.2 Å². The standard InChI is InChI=1S/C18H19FN2O2/c1-12(14-5-6-14)21-18(22)15-7-8-17(20-10-15)23-11-13-3-2-4-16(19)9-13/h2-4,7-10,12,14H,5-6,11H2,1H3,(H,21,22). The number of carbonyl (C=O) groups is 1. The van der Waals surface area contributed by atoms with Crippen LogP contribution in [0, 0.1) is 11.7 Å². The third-order valence-electron chi connectivity index (χ3n) is 3.96. The summed E-state index contributed by atoms with van der Waals surface area (Å²) >= 11 is 0. The molecule has 1 atom stereocenters. The van der Waals surface area contributed by atoms with E-state index in [9.17, 15) is 9.18 Å². The molecule has 0 radical (unpaired) electrons. The molecule has 1 amide bonds. The van der Waals surface area contributed by atoms with E-state index in [0.29, 0.717) is 17.4 Å². The average molecular weight is 314 g/mol. The monoisotopic (exact) mass is 314 g/mol. The van der Waals surface area contributed by atoms with E-state index in [1.807, 2.05) is 6.92 Å². The van der Waals surface area contributed by atoms with Crippen molar-refractivity contribution in [2.24, 2.45) is 5.92 Å². The topological polar surface area (TPSA) is 51.2 Å². The highest BCUT2D eigenvalue weighted by molar-refractivity contribution is 5.94. The number of rotatable bonds is 6. The van der Waals surface area contributed by atoms with Gasteiger partial charge in [0, 0.05) is 18.3 Å². The minimum Gasteiger partial charge on any atom is -0.473 e. The largest absolute Gasteiger partial charge is 0.473 e. The Morgan fingerprint density at radius 1 is 1.39 bits per heavy atom. The molecule has 23 heavy (non-hydrogen) atoms. The summed E-state index contributed by atoms with van der Waals surface area (Å²) in [5.74, 6) is 0.603. The van der Waals surface area contributed by atoms with E-state index in [0.717, 1.165) is 5.56 Å². The fraction of sp³-hybridized carbons (Fsp3) is 0.333. The Morgan fingerprint density at radius 3 is 2.87 bits per heavy atom. The number of nitrogens with zero attached hydrogens (tertiary/aromatic N) is 1. The first-order valence-electron chi connectivity index (χ1n) is 7.76. The van der Waals surface area contributed by atoms with Gasteiger partial charge in [-0.1, -0.05) is 12.1 Å². The SMILES string of the molecule is CC(NC(=O)c1ccc(OCc2cccc(F)c2)nc1)C1CC1. The molecule has 2 aromatic rings. The van der Waals surface area contributed by atoms with E-state index in [1.54, 1.807) is 24.3 Å². The summed E-state index contributed by atoms with van der Waals surface area (Å²) in [7, 11) is 0. The number of benzene rings is 1. The fourth-order valence-electron chi connectivity index (χ4n) is 2.39. The predicted molar refractivity (Wildman–Crippen MR) is 84.6 cm³/mol. The van der Waals surface area contributed by atoms with Crippen LogP contribution < -0.4 is 10.1 Å². The van der Waals surface area contributed by atoms with E-state index < -0.39 is 0 Å². The predicted octanol–water partition coefficient (Wildman–Crippen LogP) is 3.33. The summed E-state index contributed by atoms with van der Waals surface area (Å²) < 4.78 is 18.6. The molecule has 0 aliphatic heterocycles. The zero-order valence-corrected chi connectivity index (χ0v) is 13.0. The number of nitrogens with one attached hydrogen (secondary N) is 1. The van der Waals surface area contributed by atoms with Gasteiger partial charge in [0.2, 0.25) is 5.88 Å². The zero-order valence-electron chi connectivity index (χ0n) is 13.0. The van der Waals surface area contributed by atoms with Gasteiger partial charge in [0.15, 0.2) is 0 Å². The van der Waals surface area contributed by atoms with Crippen LogP contribution in [0.25, 0.3) is 0 Å². The fourth-order valence-corrected chi connectivity index (χ4v) is 2.39. The molecule has 1 heterocycles. The van der Waals surface area contributed by atoms with Crippen LogP contribution in [0.15, 0.2) is 42.6 Å². The second-order valence-electron chi connectivity index (χ2n) is 5.90. The van der Waals surface area contributed by atoms with Crippen molar-refractivity contribution in [3.05, 3.63) is 59.5 Å². The minimum absolute atomic E-state index is 0.117. The summed E-state index contributed by atoms with van der Waals surface area (Å²) in [4.78, 5) is 16.2. The molecule has 1 unspecified atom stereocenters. The van der Waals surface area contributed by atoms with E-state index >= 15 is 0 Å². The lowest BCUT2D eigenvalue weighted by Crippen LogP contribution is -2.34. The molecule has 1 aromatic heterocycles. The van der Waals surface area contributed by atoms with Crippen LogP contribution in [0.1, 0.15) is 35.7 Å². The minimum atomic E-state index is -0.295. The number of halogens is 1. The lowest BCUT2D eigenvalue weighted by molar-refractivity contribution is 0.0935. The van der Waals surface area contributed by atoms with Crippen LogP contribution in [0.2, 0.25) is 0 Å². The lowest BCUT2D eigenvalue weighted by Gasteiger charge is -2.12. The maximum Gasteiger partial charge on any atom is 0.253 e. The summed E-state index contributed by atoms with van der Waals surface area (Å²) in [6.07, 6.45) is 3.87. The zero-order chi connectivity index (χ0) is 16.2. The molecule has 0 saturated heterocycles. The Morgan fingerprint density at radius 2 is 2.22 bits per heavy atom. The van der Waals surface area contributed by atoms with Crippen molar-refractivity contribution in [1.29, 1.82) is 0 Å². The van der Waals surface area contributed by atoms with Crippen molar-refractivity contribution in [1.82, 2.24) is 10.3 Å². The van der Waals surface area contributed by atoms with Gasteiger partial charge in [-0.25, -0.2) is 9.37 Å². The number of ether oxygens (including phenoxy) is 1. The van der Waals surface area contributed by atoms with Crippen LogP contribution in [0.5, 0.6) is 5.88 Å². The number of hydrogen-bond donors (Lipinski definition) is 1. The highest BCUT2D eigenvalue weighted by atomic mass is 19.1. The molecule has 4 nitrogen and oxygen atoms in total. The van der Waals surface area contributed by atoms with Gasteiger partial charge in [-0.2, -0.15) is 0 Å². The molecule has 0 spiro atoms. The number of hydrogen-bond acceptors (Lipinski definition) is 3. The smallest absolute Gasteiger partial charge is 0.253 e. The van der Waals surface area contributed by atoms with Crippen LogP contribution in [-0.4, -0.2) is 16.9 Å². The summed E-state index contributed by atoms with van der Waals surface area (Å²) in [5, 5.41) is 2.98. The number of pyridine rings is 1. The van der Waals surface area contributed by atoms with Crippen molar-refractivity contribution in [2.75, 3.05) is 0 Å². The molecule has 3 rings (SSSR count). The van der Waals surface area contributed by atoms with Gasteiger partial charge >= 0.3 is 0 Å². The van der Waals surface area contributed by atoms with Crippen LogP contribution in [-0.2, 0) is 6.61 Å². The highest BCUT2D eigenvalue weighted by Gasteiger charge is 2.29. The van der Waals surface area contributed by atoms with E-state index in [2.05, 4.69) is 10.3 Å². The quantitative estimate of drug-likeness (QED) is 0.890. The second-order valence-corrected chi connectivity index (χ2v) is 5.90. The van der Waals surface area contributed by atoms with E-state index in [-0.39, 0.29) is 24.4 Å². The van der Waals surface area contributed by atoms with Crippen molar-refractivity contribution >= 4 is 5.91 Å². The Kier molecular flexibility index (Phi) is 4.55. The maximum atomic E-state index is 13.1. The first-order valence-corrected chi connectivity index (χ1v) is 7.76. The first-order chi connectivity index (χ1) is 11.1. The third-order valence-corrected chi connectivity index (χ3v) is 3.96. The van der Waals surface area contributed by atoms with Gasteiger partial charge in [-0.3, -0.25) is 4.79 Å². The Labute approximate surface area is 134 Å². The third kappa shape index (κ3) is 4.28. The van der Waals surface area contributed by atoms with Crippen molar-refractivity contribution in [3.63, 3.8) is 0 Å². The van der Waals surface area contributed by atoms with Crippen molar-refractivity contribution in [2.45, 2.75) is 32.4 Å². The highest BCUT2D eigenvalue weighted by Crippen LogP contribution is 2.32. The van der Waals surface area contributed by atoms with Gasteiger partial charge in [-0.05, 0) is 49.4 Å². The summed E-state index contributed by atoms with van der Waals surface area (Å²) in [5.41, 5.74) is 1.24. The van der Waals surface area contributed by atoms with Gasteiger partial charge in [0.05, 0.1) is 5.56 Å². The Bertz CT molecular complexity index is 684.